The molecule has 1 fully saturated rings. The summed E-state index contributed by atoms with van der Waals surface area (Å²) < 4.78 is 0. The molecule has 0 aromatic heterocycles. The van der Waals surface area contributed by atoms with Crippen molar-refractivity contribution in [2.45, 2.75) is 45.1 Å². The summed E-state index contributed by atoms with van der Waals surface area (Å²) in [4.78, 5) is 12.3. The lowest BCUT2D eigenvalue weighted by Gasteiger charge is -2.42. The number of aliphatic hydroxyl groups is 1. The lowest BCUT2D eigenvalue weighted by Crippen LogP contribution is -2.52. The maximum absolute atomic E-state index is 12.3. The van der Waals surface area contributed by atoms with Crippen molar-refractivity contribution in [3.05, 3.63) is 34.9 Å². The fourth-order valence-electron chi connectivity index (χ4n) is 2.52. The zero-order valence-electron chi connectivity index (χ0n) is 12.1. The van der Waals surface area contributed by atoms with Crippen LogP contribution < -0.4 is 5.32 Å². The number of rotatable bonds is 3. The molecule has 106 valence electrons. The third-order valence-corrected chi connectivity index (χ3v) is 4.17. The van der Waals surface area contributed by atoms with Crippen LogP contribution in [0.15, 0.2) is 18.2 Å². The van der Waals surface area contributed by atoms with Crippen molar-refractivity contribution in [1.29, 1.82) is 0 Å². The highest BCUT2D eigenvalue weighted by atomic mass is 16.2. The van der Waals surface area contributed by atoms with Crippen molar-refractivity contribution in [2.24, 2.45) is 0 Å². The molecule has 0 saturated heterocycles. The molecular weight excluding hydrogens is 250 g/mol. The lowest BCUT2D eigenvalue weighted by atomic mass is 9.74. The highest BCUT2D eigenvalue weighted by Crippen LogP contribution is 2.34. The molecule has 1 aromatic rings. The van der Waals surface area contributed by atoms with Crippen LogP contribution in [-0.2, 0) is 0 Å². The monoisotopic (exact) mass is 271 g/mol. The summed E-state index contributed by atoms with van der Waals surface area (Å²) in [6.45, 7) is 3.89. The van der Waals surface area contributed by atoms with Gasteiger partial charge >= 0.3 is 0 Å². The van der Waals surface area contributed by atoms with Gasteiger partial charge in [-0.3, -0.25) is 4.79 Å². The summed E-state index contributed by atoms with van der Waals surface area (Å²) in [6, 6.07) is 5.53. The van der Waals surface area contributed by atoms with E-state index in [-0.39, 0.29) is 18.1 Å². The molecule has 1 aliphatic rings. The van der Waals surface area contributed by atoms with Gasteiger partial charge in [-0.25, -0.2) is 0 Å². The highest BCUT2D eigenvalue weighted by molar-refractivity contribution is 5.95. The van der Waals surface area contributed by atoms with E-state index >= 15 is 0 Å². The summed E-state index contributed by atoms with van der Waals surface area (Å²) in [5.74, 6) is 5.48. The fourth-order valence-corrected chi connectivity index (χ4v) is 2.52. The van der Waals surface area contributed by atoms with Gasteiger partial charge in [0.2, 0.25) is 0 Å². The molecule has 1 aromatic carbocycles. The van der Waals surface area contributed by atoms with Crippen molar-refractivity contribution in [1.82, 2.24) is 5.32 Å². The average Bonchev–Trinajstić information content (AvgIpc) is 2.41. The van der Waals surface area contributed by atoms with Crippen LogP contribution in [0.3, 0.4) is 0 Å². The normalized spacial score (nSPS) is 15.8. The third kappa shape index (κ3) is 3.02. The SMILES string of the molecule is CCC1(NC(=O)c2ccc(C)c(C#CCO)c2)CCC1. The number of aryl methyl sites for hydroxylation is 1. The molecule has 0 spiro atoms. The van der Waals surface area contributed by atoms with E-state index in [1.807, 2.05) is 19.1 Å². The summed E-state index contributed by atoms with van der Waals surface area (Å²) in [7, 11) is 0. The van der Waals surface area contributed by atoms with E-state index in [4.69, 9.17) is 5.11 Å². The first-order valence-electron chi connectivity index (χ1n) is 7.13. The van der Waals surface area contributed by atoms with Crippen LogP contribution >= 0.6 is 0 Å². The highest BCUT2D eigenvalue weighted by Gasteiger charge is 2.36. The van der Waals surface area contributed by atoms with Crippen LogP contribution in [0.5, 0.6) is 0 Å². The smallest absolute Gasteiger partial charge is 0.251 e. The van der Waals surface area contributed by atoms with Gasteiger partial charge in [-0.05, 0) is 50.3 Å². The second kappa shape index (κ2) is 6.11. The summed E-state index contributed by atoms with van der Waals surface area (Å²) in [6.07, 6.45) is 4.30. The first kappa shape index (κ1) is 14.6. The zero-order chi connectivity index (χ0) is 14.6. The Morgan fingerprint density at radius 3 is 2.75 bits per heavy atom. The molecule has 0 bridgehead atoms. The number of hydrogen-bond donors (Lipinski definition) is 2. The van der Waals surface area contributed by atoms with Gasteiger partial charge in [0.25, 0.3) is 5.91 Å². The Morgan fingerprint density at radius 1 is 1.45 bits per heavy atom. The standard InChI is InChI=1S/C17H21NO2/c1-3-17(9-5-10-17)18-16(20)15-8-7-13(2)14(12-15)6-4-11-19/h7-8,12,19H,3,5,9-11H2,1-2H3,(H,18,20). The molecule has 3 heteroatoms. The van der Waals surface area contributed by atoms with E-state index in [1.165, 1.54) is 6.42 Å². The Morgan fingerprint density at radius 2 is 2.20 bits per heavy atom. The molecule has 20 heavy (non-hydrogen) atoms. The number of amides is 1. The average molecular weight is 271 g/mol. The topological polar surface area (TPSA) is 49.3 Å². The molecule has 1 amide bonds. The summed E-state index contributed by atoms with van der Waals surface area (Å²) in [5.41, 5.74) is 2.44. The third-order valence-electron chi connectivity index (χ3n) is 4.17. The molecule has 3 nitrogen and oxygen atoms in total. The van der Waals surface area contributed by atoms with Crippen molar-refractivity contribution >= 4 is 5.91 Å². The van der Waals surface area contributed by atoms with Crippen LogP contribution in [-0.4, -0.2) is 23.2 Å². The van der Waals surface area contributed by atoms with Crippen LogP contribution in [0.25, 0.3) is 0 Å². The predicted octanol–water partition coefficient (Wildman–Crippen LogP) is 2.40. The maximum atomic E-state index is 12.3. The summed E-state index contributed by atoms with van der Waals surface area (Å²) >= 11 is 0. The molecule has 2 rings (SSSR count). The second-order valence-electron chi connectivity index (χ2n) is 5.43. The van der Waals surface area contributed by atoms with Crippen molar-refractivity contribution in [3.63, 3.8) is 0 Å². The van der Waals surface area contributed by atoms with Gasteiger partial charge in [-0.1, -0.05) is 24.8 Å². The van der Waals surface area contributed by atoms with Gasteiger partial charge in [0.1, 0.15) is 6.61 Å². The molecule has 0 unspecified atom stereocenters. The first-order valence-corrected chi connectivity index (χ1v) is 7.13. The predicted molar refractivity (Wildman–Crippen MR) is 79.5 cm³/mol. The van der Waals surface area contributed by atoms with E-state index in [9.17, 15) is 4.79 Å². The number of hydrogen-bond acceptors (Lipinski definition) is 2. The number of carbonyl (C=O) groups excluding carboxylic acids is 1. The first-order chi connectivity index (χ1) is 9.60. The largest absolute Gasteiger partial charge is 0.384 e. The minimum absolute atomic E-state index is 0.00108. The van der Waals surface area contributed by atoms with Gasteiger partial charge in [0.05, 0.1) is 0 Å². The van der Waals surface area contributed by atoms with E-state index in [1.54, 1.807) is 6.07 Å². The Balaban J connectivity index is 2.18. The molecular formula is C17H21NO2. The van der Waals surface area contributed by atoms with Crippen molar-refractivity contribution in [2.75, 3.05) is 6.61 Å². The quantitative estimate of drug-likeness (QED) is 0.829. The second-order valence-corrected chi connectivity index (χ2v) is 5.43. The molecule has 0 heterocycles. The van der Waals surface area contributed by atoms with Crippen molar-refractivity contribution < 1.29 is 9.90 Å². The minimum atomic E-state index is -0.172. The molecule has 0 radical (unpaired) electrons. The number of nitrogens with one attached hydrogen (secondary N) is 1. The fraction of sp³-hybridized carbons (Fsp3) is 0.471. The molecule has 0 atom stereocenters. The number of benzene rings is 1. The number of aliphatic hydroxyl groups excluding tert-OH is 1. The van der Waals surface area contributed by atoms with Gasteiger partial charge in [0.15, 0.2) is 0 Å². The molecule has 1 saturated carbocycles. The van der Waals surface area contributed by atoms with E-state index in [2.05, 4.69) is 24.1 Å². The Hall–Kier alpha value is -1.79. The number of carbonyl (C=O) groups is 1. The summed E-state index contributed by atoms with van der Waals surface area (Å²) in [5, 5.41) is 11.9. The van der Waals surface area contributed by atoms with E-state index < -0.39 is 0 Å². The van der Waals surface area contributed by atoms with Gasteiger partial charge < -0.3 is 10.4 Å². The molecule has 0 aliphatic heterocycles. The lowest BCUT2D eigenvalue weighted by molar-refractivity contribution is 0.0820. The Bertz CT molecular complexity index is 557. The molecule has 2 N–H and O–H groups in total. The van der Waals surface area contributed by atoms with Gasteiger partial charge in [-0.2, -0.15) is 0 Å². The van der Waals surface area contributed by atoms with Crippen LogP contribution in [0.1, 0.15) is 54.1 Å². The van der Waals surface area contributed by atoms with Gasteiger partial charge in [-0.15, -0.1) is 0 Å². The zero-order valence-corrected chi connectivity index (χ0v) is 12.1. The van der Waals surface area contributed by atoms with Gasteiger partial charge in [0, 0.05) is 16.7 Å². The van der Waals surface area contributed by atoms with Crippen LogP contribution in [0.4, 0.5) is 0 Å². The van der Waals surface area contributed by atoms with E-state index in [0.717, 1.165) is 30.4 Å². The van der Waals surface area contributed by atoms with Crippen molar-refractivity contribution in [3.8, 4) is 11.8 Å². The maximum Gasteiger partial charge on any atom is 0.251 e. The Kier molecular flexibility index (Phi) is 4.46. The van der Waals surface area contributed by atoms with Crippen LogP contribution in [0.2, 0.25) is 0 Å². The minimum Gasteiger partial charge on any atom is -0.384 e. The Labute approximate surface area is 120 Å². The van der Waals surface area contributed by atoms with Crippen LogP contribution in [0, 0.1) is 18.8 Å². The van der Waals surface area contributed by atoms with E-state index in [0.29, 0.717) is 5.56 Å². The molecule has 1 aliphatic carbocycles.